The van der Waals surface area contributed by atoms with E-state index in [2.05, 4.69) is 197 Å². The van der Waals surface area contributed by atoms with Crippen molar-refractivity contribution in [3.05, 3.63) is 205 Å². The summed E-state index contributed by atoms with van der Waals surface area (Å²) < 4.78 is 4.83. The molecule has 0 spiro atoms. The first kappa shape index (κ1) is 28.2. The summed E-state index contributed by atoms with van der Waals surface area (Å²) >= 11 is 0. The first-order valence-electron chi connectivity index (χ1n) is 17.7. The Morgan fingerprint density at radius 1 is 0.314 bits per heavy atom. The molecule has 0 saturated carbocycles. The number of rotatable bonds is 4. The number of aromatic nitrogens is 2. The van der Waals surface area contributed by atoms with Crippen LogP contribution in [-0.4, -0.2) is 9.13 Å². The van der Waals surface area contributed by atoms with Gasteiger partial charge in [-0.3, -0.25) is 0 Å². The van der Waals surface area contributed by atoms with Crippen LogP contribution < -0.4 is 0 Å². The van der Waals surface area contributed by atoms with Crippen LogP contribution in [-0.2, 0) is 0 Å². The summed E-state index contributed by atoms with van der Waals surface area (Å²) in [5, 5.41) is 5.10. The maximum atomic E-state index is 2.44. The Morgan fingerprint density at radius 3 is 1.27 bits per heavy atom. The molecule has 10 aromatic rings. The van der Waals surface area contributed by atoms with Gasteiger partial charge in [-0.25, -0.2) is 0 Å². The molecule has 0 amide bonds. The zero-order valence-electron chi connectivity index (χ0n) is 27.9. The Hall–Kier alpha value is -6.64. The van der Waals surface area contributed by atoms with Crippen LogP contribution >= 0.6 is 0 Å². The Kier molecular flexibility index (Phi) is 6.05. The molecule has 51 heavy (non-hydrogen) atoms. The van der Waals surface area contributed by atoms with E-state index in [9.17, 15) is 0 Å². The van der Waals surface area contributed by atoms with E-state index in [0.717, 1.165) is 11.4 Å². The zero-order chi connectivity index (χ0) is 33.5. The summed E-state index contributed by atoms with van der Waals surface area (Å²) in [4.78, 5) is 0. The maximum Gasteiger partial charge on any atom is 0.0541 e. The largest absolute Gasteiger partial charge is 0.309 e. The number of para-hydroxylation sites is 3. The third-order valence-electron chi connectivity index (χ3n) is 11.0. The molecule has 2 heteroatoms. The number of hydrogen-bond donors (Lipinski definition) is 0. The second-order valence-electron chi connectivity index (χ2n) is 13.7. The molecule has 0 fully saturated rings. The van der Waals surface area contributed by atoms with Crippen molar-refractivity contribution < 1.29 is 0 Å². The van der Waals surface area contributed by atoms with Crippen molar-refractivity contribution in [1.29, 1.82) is 0 Å². The van der Waals surface area contributed by atoms with Crippen molar-refractivity contribution in [3.8, 4) is 33.6 Å². The molecule has 0 aliphatic heterocycles. The Balaban J connectivity index is 1.05. The predicted octanol–water partition coefficient (Wildman–Crippen LogP) is 12.7. The van der Waals surface area contributed by atoms with E-state index in [1.165, 1.54) is 82.6 Å². The SMILES string of the molecule is c1cc(-c2cccc(-n3c4ccccc4c4cc(C5c6ccccc6-c6ccccc65)ccc43)c2)cc(-n2c3ccccc3c3ccccc32)c1. The van der Waals surface area contributed by atoms with Crippen molar-refractivity contribution in [3.63, 3.8) is 0 Å². The van der Waals surface area contributed by atoms with E-state index in [-0.39, 0.29) is 5.92 Å². The normalized spacial score (nSPS) is 12.6. The molecule has 8 aromatic carbocycles. The molecule has 0 unspecified atom stereocenters. The molecular weight excluding hydrogens is 617 g/mol. The van der Waals surface area contributed by atoms with Gasteiger partial charge >= 0.3 is 0 Å². The number of benzene rings is 8. The van der Waals surface area contributed by atoms with Crippen molar-refractivity contribution in [2.24, 2.45) is 0 Å². The van der Waals surface area contributed by atoms with Gasteiger partial charge in [0, 0.05) is 38.8 Å². The molecule has 11 rings (SSSR count). The van der Waals surface area contributed by atoms with Crippen LogP contribution in [0.25, 0.3) is 77.2 Å². The van der Waals surface area contributed by atoms with Crippen LogP contribution in [0, 0.1) is 0 Å². The van der Waals surface area contributed by atoms with E-state index in [1.54, 1.807) is 0 Å². The highest BCUT2D eigenvalue weighted by molar-refractivity contribution is 6.10. The fourth-order valence-electron chi connectivity index (χ4n) is 8.81. The van der Waals surface area contributed by atoms with Gasteiger partial charge in [-0.2, -0.15) is 0 Å². The molecule has 2 nitrogen and oxygen atoms in total. The quantitative estimate of drug-likeness (QED) is 0.180. The van der Waals surface area contributed by atoms with Crippen LogP contribution in [0.3, 0.4) is 0 Å². The van der Waals surface area contributed by atoms with Gasteiger partial charge in [-0.05, 0) is 93.5 Å². The zero-order valence-corrected chi connectivity index (χ0v) is 27.9. The second kappa shape index (κ2) is 10.9. The number of fused-ring (bicyclic) bond motifs is 9. The summed E-state index contributed by atoms with van der Waals surface area (Å²) in [6, 6.07) is 69.1. The van der Waals surface area contributed by atoms with Crippen LogP contribution in [0.5, 0.6) is 0 Å². The third-order valence-corrected chi connectivity index (χ3v) is 11.0. The maximum absolute atomic E-state index is 2.44. The Bertz CT molecular complexity index is 2890. The van der Waals surface area contributed by atoms with E-state index in [0.29, 0.717) is 0 Å². The van der Waals surface area contributed by atoms with Crippen LogP contribution in [0.4, 0.5) is 0 Å². The molecule has 0 atom stereocenters. The minimum absolute atomic E-state index is 0.217. The molecule has 2 aromatic heterocycles. The Labute approximate surface area is 296 Å². The molecule has 1 aliphatic rings. The van der Waals surface area contributed by atoms with Gasteiger partial charge in [0.05, 0.1) is 22.1 Å². The highest BCUT2D eigenvalue weighted by Crippen LogP contribution is 2.48. The summed E-state index contributed by atoms with van der Waals surface area (Å²) in [5.41, 5.74) is 16.4. The summed E-state index contributed by atoms with van der Waals surface area (Å²) in [6.07, 6.45) is 0. The average molecular weight is 649 g/mol. The third kappa shape index (κ3) is 4.17. The predicted molar refractivity (Wildman–Crippen MR) is 213 cm³/mol. The van der Waals surface area contributed by atoms with E-state index < -0.39 is 0 Å². The fraction of sp³-hybridized carbons (Fsp3) is 0.0204. The molecule has 0 N–H and O–H groups in total. The fourth-order valence-corrected chi connectivity index (χ4v) is 8.81. The molecular formula is C49H32N2. The monoisotopic (exact) mass is 648 g/mol. The van der Waals surface area contributed by atoms with Gasteiger partial charge in [0.25, 0.3) is 0 Å². The first-order valence-corrected chi connectivity index (χ1v) is 17.7. The molecule has 1 aliphatic carbocycles. The van der Waals surface area contributed by atoms with Gasteiger partial charge in [0.2, 0.25) is 0 Å². The van der Waals surface area contributed by atoms with E-state index in [4.69, 9.17) is 0 Å². The smallest absolute Gasteiger partial charge is 0.0541 e. The lowest BCUT2D eigenvalue weighted by atomic mass is 9.88. The van der Waals surface area contributed by atoms with E-state index >= 15 is 0 Å². The van der Waals surface area contributed by atoms with E-state index in [1.807, 2.05) is 0 Å². The molecule has 0 bridgehead atoms. The van der Waals surface area contributed by atoms with Crippen molar-refractivity contribution in [1.82, 2.24) is 9.13 Å². The molecule has 238 valence electrons. The van der Waals surface area contributed by atoms with Gasteiger partial charge in [-0.15, -0.1) is 0 Å². The van der Waals surface area contributed by atoms with Crippen LogP contribution in [0.2, 0.25) is 0 Å². The Morgan fingerprint density at radius 2 is 0.745 bits per heavy atom. The standard InChI is InChI=1S/C49H32N2/c1-3-22-42-37(17-1)38-18-2-4-23-43(38)49(42)34-27-28-48-44(31-34)41-21-7-10-26-47(41)51(48)36-16-12-14-33(30-36)32-13-11-15-35(29-32)50-45-24-8-5-19-39(45)40-20-6-9-25-46(40)50/h1-31,49H. The van der Waals surface area contributed by atoms with Crippen molar-refractivity contribution >= 4 is 43.6 Å². The molecule has 2 heterocycles. The van der Waals surface area contributed by atoms with Gasteiger partial charge in [-0.1, -0.05) is 133 Å². The lowest BCUT2D eigenvalue weighted by Crippen LogP contribution is -1.99. The van der Waals surface area contributed by atoms with Crippen LogP contribution in [0.15, 0.2) is 188 Å². The minimum atomic E-state index is 0.217. The van der Waals surface area contributed by atoms with Gasteiger partial charge < -0.3 is 9.13 Å². The minimum Gasteiger partial charge on any atom is -0.309 e. The highest BCUT2D eigenvalue weighted by Gasteiger charge is 2.30. The lowest BCUT2D eigenvalue weighted by Gasteiger charge is -2.15. The number of nitrogens with zero attached hydrogens (tertiary/aromatic N) is 2. The number of hydrogen-bond acceptors (Lipinski definition) is 0. The lowest BCUT2D eigenvalue weighted by molar-refractivity contribution is 1.02. The van der Waals surface area contributed by atoms with Crippen LogP contribution in [0.1, 0.15) is 22.6 Å². The highest BCUT2D eigenvalue weighted by atomic mass is 15.0. The summed E-state index contributed by atoms with van der Waals surface area (Å²) in [6.45, 7) is 0. The average Bonchev–Trinajstić information content (AvgIpc) is 3.84. The first-order chi connectivity index (χ1) is 25.3. The molecule has 0 saturated heterocycles. The molecule has 0 radical (unpaired) electrons. The topological polar surface area (TPSA) is 9.86 Å². The second-order valence-corrected chi connectivity index (χ2v) is 13.7. The van der Waals surface area contributed by atoms with Gasteiger partial charge in [0.15, 0.2) is 0 Å². The van der Waals surface area contributed by atoms with Crippen molar-refractivity contribution in [2.45, 2.75) is 5.92 Å². The summed E-state index contributed by atoms with van der Waals surface area (Å²) in [5.74, 6) is 0.217. The summed E-state index contributed by atoms with van der Waals surface area (Å²) in [7, 11) is 0. The van der Waals surface area contributed by atoms with Crippen molar-refractivity contribution in [2.75, 3.05) is 0 Å². The van der Waals surface area contributed by atoms with Gasteiger partial charge in [0.1, 0.15) is 0 Å².